The lowest BCUT2D eigenvalue weighted by Crippen LogP contribution is -2.40. The number of hydrogen-bond donors (Lipinski definition) is 2. The van der Waals surface area contributed by atoms with Crippen LogP contribution in [0.1, 0.15) is 44.1 Å². The number of rotatable bonds is 5. The third kappa shape index (κ3) is 3.99. The van der Waals surface area contributed by atoms with Crippen molar-refractivity contribution in [1.29, 1.82) is 0 Å². The van der Waals surface area contributed by atoms with Gasteiger partial charge in [0.05, 0.1) is 5.92 Å². The molecule has 1 aromatic carbocycles. The number of H-pyrrole nitrogens is 1. The van der Waals surface area contributed by atoms with Gasteiger partial charge in [0.15, 0.2) is 0 Å². The molecule has 5 nitrogen and oxygen atoms in total. The van der Waals surface area contributed by atoms with E-state index in [1.54, 1.807) is 11.0 Å². The second kappa shape index (κ2) is 7.71. The quantitative estimate of drug-likeness (QED) is 0.848. The van der Waals surface area contributed by atoms with Gasteiger partial charge < -0.3 is 15.2 Å². The molecule has 1 aliphatic carbocycles. The summed E-state index contributed by atoms with van der Waals surface area (Å²) in [5.41, 5.74) is 1.89. The molecule has 1 saturated heterocycles. The first-order valence-electron chi connectivity index (χ1n) is 9.94. The maximum atomic E-state index is 13.5. The van der Waals surface area contributed by atoms with Crippen molar-refractivity contribution in [2.45, 2.75) is 51.0 Å². The minimum absolute atomic E-state index is 0.0203. The van der Waals surface area contributed by atoms with Crippen LogP contribution >= 0.6 is 0 Å². The zero-order valence-corrected chi connectivity index (χ0v) is 15.5. The third-order valence-corrected chi connectivity index (χ3v) is 5.92. The predicted molar refractivity (Wildman–Crippen MR) is 102 cm³/mol. The fraction of sp³-hybridized carbons (Fsp3) is 0.524. The van der Waals surface area contributed by atoms with E-state index in [1.165, 1.54) is 31.4 Å². The monoisotopic (exact) mass is 371 g/mol. The van der Waals surface area contributed by atoms with Crippen LogP contribution in [0.4, 0.5) is 4.39 Å². The fourth-order valence-corrected chi connectivity index (χ4v) is 4.34. The molecule has 2 amide bonds. The van der Waals surface area contributed by atoms with E-state index in [0.29, 0.717) is 25.9 Å². The van der Waals surface area contributed by atoms with Crippen molar-refractivity contribution < 1.29 is 14.0 Å². The number of carbonyl (C=O) groups excluding carboxylic acids is 2. The molecule has 1 aliphatic heterocycles. The number of carbonyl (C=O) groups is 2. The van der Waals surface area contributed by atoms with E-state index < -0.39 is 0 Å². The largest absolute Gasteiger partial charge is 0.361 e. The molecule has 2 fully saturated rings. The van der Waals surface area contributed by atoms with Crippen molar-refractivity contribution in [2.24, 2.45) is 5.92 Å². The van der Waals surface area contributed by atoms with Crippen molar-refractivity contribution in [3.63, 3.8) is 0 Å². The Morgan fingerprint density at radius 1 is 1.26 bits per heavy atom. The molecule has 0 bridgehead atoms. The molecule has 27 heavy (non-hydrogen) atoms. The Balaban J connectivity index is 1.33. The molecule has 2 aliphatic rings. The number of amides is 2. The van der Waals surface area contributed by atoms with Crippen molar-refractivity contribution in [1.82, 2.24) is 15.2 Å². The van der Waals surface area contributed by atoms with Gasteiger partial charge in [0, 0.05) is 42.7 Å². The highest BCUT2D eigenvalue weighted by Gasteiger charge is 2.34. The molecule has 4 rings (SSSR count). The zero-order valence-electron chi connectivity index (χ0n) is 15.5. The average molecular weight is 371 g/mol. The average Bonchev–Trinajstić information content (AvgIpc) is 3.24. The van der Waals surface area contributed by atoms with Crippen LogP contribution in [0.3, 0.4) is 0 Å². The van der Waals surface area contributed by atoms with Crippen LogP contribution < -0.4 is 5.32 Å². The topological polar surface area (TPSA) is 65.2 Å². The first-order chi connectivity index (χ1) is 13.1. The molecule has 1 saturated carbocycles. The number of fused-ring (bicyclic) bond motifs is 1. The number of halogens is 1. The molecule has 144 valence electrons. The van der Waals surface area contributed by atoms with Crippen LogP contribution in [0.15, 0.2) is 24.4 Å². The molecule has 1 atom stereocenters. The van der Waals surface area contributed by atoms with Gasteiger partial charge in [-0.1, -0.05) is 19.3 Å². The summed E-state index contributed by atoms with van der Waals surface area (Å²) in [5, 5.41) is 3.99. The van der Waals surface area contributed by atoms with Gasteiger partial charge in [-0.2, -0.15) is 0 Å². The molecular weight excluding hydrogens is 345 g/mol. The predicted octanol–water partition coefficient (Wildman–Crippen LogP) is 3.15. The number of benzene rings is 1. The summed E-state index contributed by atoms with van der Waals surface area (Å²) in [6.45, 7) is 1.03. The van der Waals surface area contributed by atoms with Gasteiger partial charge >= 0.3 is 0 Å². The van der Waals surface area contributed by atoms with E-state index >= 15 is 0 Å². The van der Waals surface area contributed by atoms with Gasteiger partial charge in [-0.05, 0) is 43.0 Å². The van der Waals surface area contributed by atoms with Crippen molar-refractivity contribution in [2.75, 3.05) is 13.1 Å². The fourth-order valence-electron chi connectivity index (χ4n) is 4.34. The highest BCUT2D eigenvalue weighted by Crippen LogP contribution is 2.23. The van der Waals surface area contributed by atoms with Crippen LogP contribution in [-0.4, -0.2) is 40.8 Å². The number of likely N-dealkylation sites (tertiary alicyclic amines) is 1. The van der Waals surface area contributed by atoms with E-state index in [9.17, 15) is 14.0 Å². The summed E-state index contributed by atoms with van der Waals surface area (Å²) < 4.78 is 13.5. The smallest absolute Gasteiger partial charge is 0.225 e. The van der Waals surface area contributed by atoms with E-state index in [0.717, 1.165) is 29.3 Å². The lowest BCUT2D eigenvalue weighted by atomic mass is 9.95. The second-order valence-electron chi connectivity index (χ2n) is 7.84. The maximum Gasteiger partial charge on any atom is 0.225 e. The molecule has 6 heteroatoms. The molecule has 2 N–H and O–H groups in total. The number of aromatic nitrogens is 1. The lowest BCUT2D eigenvalue weighted by Gasteiger charge is -2.24. The Bertz CT molecular complexity index is 841. The van der Waals surface area contributed by atoms with Crippen molar-refractivity contribution in [3.05, 3.63) is 35.8 Å². The Labute approximate surface area is 158 Å². The summed E-state index contributed by atoms with van der Waals surface area (Å²) in [7, 11) is 0. The first-order valence-corrected chi connectivity index (χ1v) is 9.94. The highest BCUT2D eigenvalue weighted by atomic mass is 19.1. The van der Waals surface area contributed by atoms with Crippen LogP contribution in [0.25, 0.3) is 10.9 Å². The molecule has 2 heterocycles. The Morgan fingerprint density at radius 2 is 2.07 bits per heavy atom. The molecular formula is C21H26FN3O2. The zero-order chi connectivity index (χ0) is 18.8. The Kier molecular flexibility index (Phi) is 5.14. The van der Waals surface area contributed by atoms with Crippen LogP contribution in [0.2, 0.25) is 0 Å². The standard InChI is InChI=1S/C21H26FN3O2/c22-16-6-7-19-18(11-16)14(12-23-19)8-9-25-13-15(10-20(25)26)21(27)24-17-4-2-1-3-5-17/h6-7,11-12,15,17,23H,1-5,8-10,13H2,(H,24,27)/t15-/m1/s1. The Hall–Kier alpha value is -2.37. The number of hydrogen-bond acceptors (Lipinski definition) is 2. The van der Waals surface area contributed by atoms with Gasteiger partial charge in [-0.15, -0.1) is 0 Å². The van der Waals surface area contributed by atoms with E-state index in [4.69, 9.17) is 0 Å². The van der Waals surface area contributed by atoms with Crippen LogP contribution in [0, 0.1) is 11.7 Å². The summed E-state index contributed by atoms with van der Waals surface area (Å²) in [5.74, 6) is -0.461. The van der Waals surface area contributed by atoms with Crippen LogP contribution in [0.5, 0.6) is 0 Å². The van der Waals surface area contributed by atoms with E-state index in [1.807, 2.05) is 6.20 Å². The second-order valence-corrected chi connectivity index (χ2v) is 7.84. The highest BCUT2D eigenvalue weighted by molar-refractivity contribution is 5.89. The molecule has 0 radical (unpaired) electrons. The number of aromatic amines is 1. The lowest BCUT2D eigenvalue weighted by molar-refractivity contribution is -0.129. The summed E-state index contributed by atoms with van der Waals surface area (Å²) >= 11 is 0. The van der Waals surface area contributed by atoms with Gasteiger partial charge in [0.25, 0.3) is 0 Å². The number of nitrogens with one attached hydrogen (secondary N) is 2. The molecule has 0 unspecified atom stereocenters. The van der Waals surface area contributed by atoms with Gasteiger partial charge in [0.1, 0.15) is 5.82 Å². The van der Waals surface area contributed by atoms with Gasteiger partial charge in [0.2, 0.25) is 11.8 Å². The minimum Gasteiger partial charge on any atom is -0.361 e. The summed E-state index contributed by atoms with van der Waals surface area (Å²) in [6.07, 6.45) is 8.50. The van der Waals surface area contributed by atoms with Crippen molar-refractivity contribution in [3.8, 4) is 0 Å². The van der Waals surface area contributed by atoms with Crippen molar-refractivity contribution >= 4 is 22.7 Å². The Morgan fingerprint density at radius 3 is 2.89 bits per heavy atom. The molecule has 2 aromatic rings. The first kappa shape index (κ1) is 18.0. The number of nitrogens with zero attached hydrogens (tertiary/aromatic N) is 1. The maximum absolute atomic E-state index is 13.5. The third-order valence-electron chi connectivity index (χ3n) is 5.92. The SMILES string of the molecule is O=C(NC1CCCCC1)[C@@H]1CC(=O)N(CCc2c[nH]c3ccc(F)cc23)C1. The molecule has 0 spiro atoms. The summed E-state index contributed by atoms with van der Waals surface area (Å²) in [6, 6.07) is 4.95. The minimum atomic E-state index is -0.264. The van der Waals surface area contributed by atoms with Gasteiger partial charge in [-0.25, -0.2) is 4.39 Å². The van der Waals surface area contributed by atoms with E-state index in [-0.39, 0.29) is 29.6 Å². The van der Waals surface area contributed by atoms with Crippen LogP contribution in [-0.2, 0) is 16.0 Å². The molecule has 1 aromatic heterocycles. The normalized spacial score (nSPS) is 21.1. The van der Waals surface area contributed by atoms with Gasteiger partial charge in [-0.3, -0.25) is 9.59 Å². The van der Waals surface area contributed by atoms with E-state index in [2.05, 4.69) is 10.3 Å². The summed E-state index contributed by atoms with van der Waals surface area (Å²) in [4.78, 5) is 29.8.